The summed E-state index contributed by atoms with van der Waals surface area (Å²) in [7, 11) is 0. The van der Waals surface area contributed by atoms with Gasteiger partial charge in [0, 0.05) is 47.0 Å². The maximum atomic E-state index is 12.9. The fraction of sp³-hybridized carbons (Fsp3) is 0.250. The summed E-state index contributed by atoms with van der Waals surface area (Å²) in [4.78, 5) is 26.9. The lowest BCUT2D eigenvalue weighted by molar-refractivity contribution is -0.128. The van der Waals surface area contributed by atoms with Gasteiger partial charge in [-0.3, -0.25) is 9.59 Å². The smallest absolute Gasteiger partial charge is 0.229 e. The Kier molecular flexibility index (Phi) is 4.54. The lowest BCUT2D eigenvalue weighted by Gasteiger charge is -2.15. The number of likely N-dealkylation sites (tertiary alicyclic amines) is 1. The predicted molar refractivity (Wildman–Crippen MR) is 116 cm³/mol. The van der Waals surface area contributed by atoms with Gasteiger partial charge in [-0.05, 0) is 43.3 Å². The fourth-order valence-electron chi connectivity index (χ4n) is 4.41. The molecule has 2 aromatic carbocycles. The molecule has 5 rings (SSSR count). The van der Waals surface area contributed by atoms with Crippen molar-refractivity contribution in [1.29, 1.82) is 0 Å². The first kappa shape index (κ1) is 18.5. The number of aromatic nitrogens is 1. The number of hydrogen-bond acceptors (Lipinski definition) is 3. The molecule has 6 nitrogen and oxygen atoms in total. The van der Waals surface area contributed by atoms with Gasteiger partial charge in [0.2, 0.25) is 11.8 Å². The Bertz CT molecular complexity index is 1240. The monoisotopic (exact) mass is 401 g/mol. The topological polar surface area (TPSA) is 67.5 Å². The Labute approximate surface area is 174 Å². The lowest BCUT2D eigenvalue weighted by Crippen LogP contribution is -2.27. The average Bonchev–Trinajstić information content (AvgIpc) is 3.47. The van der Waals surface area contributed by atoms with E-state index in [9.17, 15) is 9.59 Å². The lowest BCUT2D eigenvalue weighted by atomic mass is 10.1. The van der Waals surface area contributed by atoms with Crippen LogP contribution in [0.1, 0.15) is 19.1 Å². The fourth-order valence-corrected chi connectivity index (χ4v) is 4.41. The predicted octanol–water partition coefficient (Wildman–Crippen LogP) is 4.39. The van der Waals surface area contributed by atoms with Gasteiger partial charge in [0.25, 0.3) is 0 Å². The quantitative estimate of drug-likeness (QED) is 0.539. The van der Waals surface area contributed by atoms with E-state index in [0.717, 1.165) is 28.9 Å². The normalized spacial score (nSPS) is 16.6. The molecule has 0 aliphatic carbocycles. The number of amides is 2. The highest BCUT2D eigenvalue weighted by Gasteiger charge is 2.34. The third-order valence-electron chi connectivity index (χ3n) is 5.87. The molecular weight excluding hydrogens is 378 g/mol. The third kappa shape index (κ3) is 3.14. The molecule has 152 valence electrons. The van der Waals surface area contributed by atoms with Crippen LogP contribution in [0.3, 0.4) is 0 Å². The molecule has 0 radical (unpaired) electrons. The van der Waals surface area contributed by atoms with E-state index in [-0.39, 0.29) is 24.2 Å². The van der Waals surface area contributed by atoms with E-state index < -0.39 is 0 Å². The van der Waals surface area contributed by atoms with Gasteiger partial charge in [-0.2, -0.15) is 0 Å². The number of para-hydroxylation sites is 1. The molecule has 1 aliphatic heterocycles. The van der Waals surface area contributed by atoms with Crippen molar-refractivity contribution >= 4 is 39.3 Å². The second-order valence-corrected chi connectivity index (χ2v) is 7.74. The maximum absolute atomic E-state index is 12.9. The summed E-state index contributed by atoms with van der Waals surface area (Å²) in [6.45, 7) is 3.82. The van der Waals surface area contributed by atoms with Gasteiger partial charge in [-0.1, -0.05) is 18.2 Å². The highest BCUT2D eigenvalue weighted by Crippen LogP contribution is 2.31. The van der Waals surface area contributed by atoms with Crippen LogP contribution in [0.2, 0.25) is 0 Å². The standard InChI is InChI=1S/C24H23N3O3/c1-2-27-21-8-4-3-7-19(21)20-13-17(9-10-22(20)27)25-24(29)16-12-23(28)26(14-16)15-18-6-5-11-30-18/h3-11,13,16H,2,12,14-15H2,1H3,(H,25,29)/t16-/m0/s1. The minimum atomic E-state index is -0.361. The van der Waals surface area contributed by atoms with Crippen molar-refractivity contribution in [3.63, 3.8) is 0 Å². The van der Waals surface area contributed by atoms with Gasteiger partial charge in [-0.15, -0.1) is 0 Å². The number of aryl methyl sites for hydroxylation is 1. The van der Waals surface area contributed by atoms with Crippen LogP contribution >= 0.6 is 0 Å². The molecule has 1 N–H and O–H groups in total. The molecule has 0 spiro atoms. The zero-order chi connectivity index (χ0) is 20.7. The number of benzene rings is 2. The van der Waals surface area contributed by atoms with Crippen LogP contribution in [-0.4, -0.2) is 27.8 Å². The van der Waals surface area contributed by atoms with Crippen LogP contribution in [0, 0.1) is 5.92 Å². The number of furan rings is 1. The molecule has 0 unspecified atom stereocenters. The van der Waals surface area contributed by atoms with Gasteiger partial charge < -0.3 is 19.2 Å². The van der Waals surface area contributed by atoms with Gasteiger partial charge in [-0.25, -0.2) is 0 Å². The Morgan fingerprint density at radius 3 is 2.73 bits per heavy atom. The van der Waals surface area contributed by atoms with Crippen LogP contribution in [0.4, 0.5) is 5.69 Å². The Morgan fingerprint density at radius 2 is 1.93 bits per heavy atom. The number of anilines is 1. The van der Waals surface area contributed by atoms with Crippen LogP contribution in [-0.2, 0) is 22.7 Å². The summed E-state index contributed by atoms with van der Waals surface area (Å²) in [6, 6.07) is 18.0. The summed E-state index contributed by atoms with van der Waals surface area (Å²) in [5.41, 5.74) is 3.09. The molecule has 30 heavy (non-hydrogen) atoms. The van der Waals surface area contributed by atoms with E-state index in [1.807, 2.05) is 30.3 Å². The summed E-state index contributed by atoms with van der Waals surface area (Å²) >= 11 is 0. The number of nitrogens with zero attached hydrogens (tertiary/aromatic N) is 2. The summed E-state index contributed by atoms with van der Waals surface area (Å²) in [6.07, 6.45) is 1.82. The molecule has 1 saturated heterocycles. The highest BCUT2D eigenvalue weighted by atomic mass is 16.3. The molecular formula is C24H23N3O3. The zero-order valence-electron chi connectivity index (χ0n) is 16.8. The molecule has 2 aromatic heterocycles. The summed E-state index contributed by atoms with van der Waals surface area (Å²) in [5, 5.41) is 5.31. The Morgan fingerprint density at radius 1 is 1.10 bits per heavy atom. The van der Waals surface area contributed by atoms with Crippen LogP contribution in [0.5, 0.6) is 0 Å². The van der Waals surface area contributed by atoms with E-state index in [0.29, 0.717) is 13.1 Å². The molecule has 4 aromatic rings. The number of nitrogens with one attached hydrogen (secondary N) is 1. The van der Waals surface area contributed by atoms with Crippen molar-refractivity contribution < 1.29 is 14.0 Å². The maximum Gasteiger partial charge on any atom is 0.229 e. The van der Waals surface area contributed by atoms with Crippen LogP contribution < -0.4 is 5.32 Å². The van der Waals surface area contributed by atoms with E-state index in [2.05, 4.69) is 35.0 Å². The largest absolute Gasteiger partial charge is 0.467 e. The second-order valence-electron chi connectivity index (χ2n) is 7.74. The van der Waals surface area contributed by atoms with E-state index in [1.165, 1.54) is 10.9 Å². The van der Waals surface area contributed by atoms with Crippen molar-refractivity contribution in [2.24, 2.45) is 5.92 Å². The molecule has 0 saturated carbocycles. The van der Waals surface area contributed by atoms with Crippen molar-refractivity contribution in [3.05, 3.63) is 66.6 Å². The van der Waals surface area contributed by atoms with E-state index >= 15 is 0 Å². The van der Waals surface area contributed by atoms with Gasteiger partial charge in [0.1, 0.15) is 5.76 Å². The van der Waals surface area contributed by atoms with E-state index in [4.69, 9.17) is 4.42 Å². The molecule has 3 heterocycles. The van der Waals surface area contributed by atoms with Crippen LogP contribution in [0.25, 0.3) is 21.8 Å². The summed E-state index contributed by atoms with van der Waals surface area (Å²) < 4.78 is 7.60. The van der Waals surface area contributed by atoms with Crippen LogP contribution in [0.15, 0.2) is 65.3 Å². The van der Waals surface area contributed by atoms with Crippen molar-refractivity contribution in [1.82, 2.24) is 9.47 Å². The Hall–Kier alpha value is -3.54. The number of carbonyl (C=O) groups is 2. The van der Waals surface area contributed by atoms with Crippen molar-refractivity contribution in [3.8, 4) is 0 Å². The minimum absolute atomic E-state index is 0.0204. The van der Waals surface area contributed by atoms with Crippen molar-refractivity contribution in [2.45, 2.75) is 26.4 Å². The van der Waals surface area contributed by atoms with Gasteiger partial charge in [0.05, 0.1) is 18.7 Å². The first-order chi connectivity index (χ1) is 14.6. The van der Waals surface area contributed by atoms with Gasteiger partial charge in [0.15, 0.2) is 0 Å². The molecule has 0 bridgehead atoms. The third-order valence-corrected chi connectivity index (χ3v) is 5.87. The summed E-state index contributed by atoms with van der Waals surface area (Å²) in [5.74, 6) is 0.221. The van der Waals surface area contributed by atoms with E-state index in [1.54, 1.807) is 17.2 Å². The first-order valence-corrected chi connectivity index (χ1v) is 10.3. The second kappa shape index (κ2) is 7.37. The number of hydrogen-bond donors (Lipinski definition) is 1. The molecule has 6 heteroatoms. The molecule has 1 fully saturated rings. The zero-order valence-corrected chi connectivity index (χ0v) is 16.8. The minimum Gasteiger partial charge on any atom is -0.467 e. The SMILES string of the molecule is CCn1c2ccccc2c2cc(NC(=O)[C@H]3CC(=O)N(Cc4ccco4)C3)ccc21. The number of fused-ring (bicyclic) bond motifs is 3. The van der Waals surface area contributed by atoms with Crippen molar-refractivity contribution in [2.75, 3.05) is 11.9 Å². The Balaban J connectivity index is 1.36. The highest BCUT2D eigenvalue weighted by molar-refractivity contribution is 6.10. The molecule has 1 aliphatic rings. The molecule has 1 atom stereocenters. The average molecular weight is 401 g/mol. The first-order valence-electron chi connectivity index (χ1n) is 10.3. The number of carbonyl (C=O) groups excluding carboxylic acids is 2. The number of rotatable bonds is 5. The van der Waals surface area contributed by atoms with Gasteiger partial charge >= 0.3 is 0 Å². The molecule has 2 amide bonds.